The largest absolute Gasteiger partial charge is 0.384 e. The highest BCUT2D eigenvalue weighted by molar-refractivity contribution is 7.86. The van der Waals surface area contributed by atoms with Gasteiger partial charge in [0.1, 0.15) is 10.7 Å². The second-order valence-corrected chi connectivity index (χ2v) is 8.69. The zero-order valence-electron chi connectivity index (χ0n) is 14.8. The summed E-state index contributed by atoms with van der Waals surface area (Å²) < 4.78 is 30.6. The summed E-state index contributed by atoms with van der Waals surface area (Å²) in [5.41, 5.74) is 2.31. The van der Waals surface area contributed by atoms with E-state index in [2.05, 4.69) is 29.2 Å². The van der Waals surface area contributed by atoms with Gasteiger partial charge in [-0.3, -0.25) is 4.90 Å². The van der Waals surface area contributed by atoms with E-state index >= 15 is 0 Å². The Morgan fingerprint density at radius 2 is 1.77 bits per heavy atom. The van der Waals surface area contributed by atoms with Gasteiger partial charge in [0.05, 0.1) is 0 Å². The lowest BCUT2D eigenvalue weighted by Crippen LogP contribution is -2.38. The highest BCUT2D eigenvalue weighted by Gasteiger charge is 2.38. The van der Waals surface area contributed by atoms with Gasteiger partial charge in [-0.05, 0) is 43.5 Å². The predicted octanol–water partition coefficient (Wildman–Crippen LogP) is 4.02. The molecule has 1 saturated heterocycles. The molecule has 2 aromatic rings. The Hall–Kier alpha value is -2.11. The fourth-order valence-electron chi connectivity index (χ4n) is 3.88. The fourth-order valence-corrected chi connectivity index (χ4v) is 4.85. The number of rotatable bonds is 5. The van der Waals surface area contributed by atoms with E-state index in [1.165, 1.54) is 5.56 Å². The molecule has 26 heavy (non-hydrogen) atoms. The van der Waals surface area contributed by atoms with Crippen molar-refractivity contribution in [3.05, 3.63) is 77.6 Å². The van der Waals surface area contributed by atoms with Crippen LogP contribution in [0.5, 0.6) is 0 Å². The summed E-state index contributed by atoms with van der Waals surface area (Å²) in [5, 5.41) is 0. The molecule has 5 heteroatoms. The van der Waals surface area contributed by atoms with Crippen LogP contribution in [0.25, 0.3) is 0 Å². The minimum Gasteiger partial charge on any atom is -0.384 e. The van der Waals surface area contributed by atoms with Crippen LogP contribution in [0.3, 0.4) is 0 Å². The van der Waals surface area contributed by atoms with E-state index in [-0.39, 0.29) is 10.9 Å². The minimum absolute atomic E-state index is 0.211. The molecule has 2 aliphatic rings. The van der Waals surface area contributed by atoms with Gasteiger partial charge in [-0.25, -0.2) is 0 Å². The second kappa shape index (κ2) is 6.89. The summed E-state index contributed by atoms with van der Waals surface area (Å²) in [7, 11) is -3.76. The van der Waals surface area contributed by atoms with Crippen molar-refractivity contribution in [1.29, 1.82) is 0 Å². The van der Waals surface area contributed by atoms with E-state index in [1.54, 1.807) is 24.3 Å². The Bertz CT molecular complexity index is 904. The second-order valence-electron chi connectivity index (χ2n) is 7.14. The number of aryl methyl sites for hydroxylation is 1. The first-order chi connectivity index (χ1) is 12.5. The van der Waals surface area contributed by atoms with Gasteiger partial charge in [-0.1, -0.05) is 48.0 Å². The highest BCUT2D eigenvalue weighted by atomic mass is 32.2. The van der Waals surface area contributed by atoms with Crippen molar-refractivity contribution >= 4 is 10.1 Å². The molecule has 2 bridgehead atoms. The molecular weight excluding hydrogens is 346 g/mol. The molecule has 0 N–H and O–H groups in total. The Morgan fingerprint density at radius 3 is 2.46 bits per heavy atom. The van der Waals surface area contributed by atoms with Crippen LogP contribution in [0.15, 0.2) is 71.3 Å². The molecule has 2 unspecified atom stereocenters. The van der Waals surface area contributed by atoms with Crippen LogP contribution in [-0.4, -0.2) is 25.4 Å². The van der Waals surface area contributed by atoms with Crippen LogP contribution in [0.4, 0.5) is 0 Å². The first-order valence-corrected chi connectivity index (χ1v) is 10.4. The third-order valence-corrected chi connectivity index (χ3v) is 6.52. The maximum atomic E-state index is 12.5. The van der Waals surface area contributed by atoms with Gasteiger partial charge in [0.25, 0.3) is 0 Å². The van der Waals surface area contributed by atoms with Crippen molar-refractivity contribution in [3.8, 4) is 0 Å². The zero-order valence-corrected chi connectivity index (χ0v) is 15.7. The van der Waals surface area contributed by atoms with E-state index in [0.717, 1.165) is 24.9 Å². The molecule has 0 spiro atoms. The number of hydrogen-bond donors (Lipinski definition) is 0. The van der Waals surface area contributed by atoms with Crippen LogP contribution in [0, 0.1) is 6.92 Å². The third-order valence-electron chi connectivity index (χ3n) is 5.24. The van der Waals surface area contributed by atoms with Gasteiger partial charge in [-0.2, -0.15) is 8.42 Å². The standard InChI is InChI=1S/C21H23NO3S/c1-16-7-11-21(12-8-16)26(23,24)25-20-13-18-9-10-19(14-20)22(18)15-17-5-3-2-4-6-17/h2-8,11-13,18-19H,9-10,14-15H2,1H3. The molecule has 2 aromatic carbocycles. The highest BCUT2D eigenvalue weighted by Crippen LogP contribution is 2.37. The van der Waals surface area contributed by atoms with Gasteiger partial charge in [-0.15, -0.1) is 0 Å². The average molecular weight is 369 g/mol. The molecule has 136 valence electrons. The van der Waals surface area contributed by atoms with Crippen molar-refractivity contribution in [3.63, 3.8) is 0 Å². The van der Waals surface area contributed by atoms with Gasteiger partial charge < -0.3 is 4.18 Å². The maximum Gasteiger partial charge on any atom is 0.338 e. The summed E-state index contributed by atoms with van der Waals surface area (Å²) in [6, 6.07) is 17.8. The summed E-state index contributed by atoms with van der Waals surface area (Å²) in [6.07, 6.45) is 4.77. The summed E-state index contributed by atoms with van der Waals surface area (Å²) in [6.45, 7) is 2.82. The molecule has 1 fully saturated rings. The van der Waals surface area contributed by atoms with Gasteiger partial charge >= 0.3 is 10.1 Å². The molecule has 0 amide bonds. The Morgan fingerprint density at radius 1 is 1.04 bits per heavy atom. The van der Waals surface area contributed by atoms with Crippen molar-refractivity contribution in [2.45, 2.75) is 49.7 Å². The maximum absolute atomic E-state index is 12.5. The molecule has 0 aromatic heterocycles. The molecule has 2 aliphatic heterocycles. The molecule has 2 atom stereocenters. The molecule has 0 saturated carbocycles. The quantitative estimate of drug-likeness (QED) is 0.747. The van der Waals surface area contributed by atoms with E-state index < -0.39 is 10.1 Å². The smallest absolute Gasteiger partial charge is 0.338 e. The van der Waals surface area contributed by atoms with Crippen molar-refractivity contribution < 1.29 is 12.6 Å². The van der Waals surface area contributed by atoms with Gasteiger partial charge in [0.15, 0.2) is 0 Å². The van der Waals surface area contributed by atoms with E-state index in [1.807, 2.05) is 19.1 Å². The monoisotopic (exact) mass is 369 g/mol. The Balaban J connectivity index is 1.49. The Kier molecular flexibility index (Phi) is 4.59. The van der Waals surface area contributed by atoms with Crippen LogP contribution >= 0.6 is 0 Å². The van der Waals surface area contributed by atoms with Crippen molar-refractivity contribution in [2.75, 3.05) is 0 Å². The zero-order chi connectivity index (χ0) is 18.1. The number of hydrogen-bond acceptors (Lipinski definition) is 4. The SMILES string of the molecule is Cc1ccc(S(=O)(=O)OC2=CC3CCC(C2)N3Cc2ccccc2)cc1. The molecule has 4 nitrogen and oxygen atoms in total. The lowest BCUT2D eigenvalue weighted by atomic mass is 10.1. The topological polar surface area (TPSA) is 46.6 Å². The minimum atomic E-state index is -3.76. The van der Waals surface area contributed by atoms with Crippen LogP contribution in [0.1, 0.15) is 30.4 Å². The summed E-state index contributed by atoms with van der Waals surface area (Å²) >= 11 is 0. The van der Waals surface area contributed by atoms with Gasteiger partial charge in [0, 0.05) is 25.0 Å². The first kappa shape index (κ1) is 17.3. The normalized spacial score (nSPS) is 22.9. The van der Waals surface area contributed by atoms with E-state index in [9.17, 15) is 8.42 Å². The van der Waals surface area contributed by atoms with Crippen LogP contribution in [-0.2, 0) is 20.8 Å². The van der Waals surface area contributed by atoms with Crippen molar-refractivity contribution in [1.82, 2.24) is 4.90 Å². The summed E-state index contributed by atoms with van der Waals surface area (Å²) in [5.74, 6) is 0.586. The first-order valence-electron chi connectivity index (χ1n) is 9.03. The molecule has 4 rings (SSSR count). The lowest BCUT2D eigenvalue weighted by molar-refractivity contribution is 0.176. The van der Waals surface area contributed by atoms with Crippen LogP contribution < -0.4 is 0 Å². The number of fused-ring (bicyclic) bond motifs is 2. The third kappa shape index (κ3) is 3.55. The predicted molar refractivity (Wildman–Crippen MR) is 101 cm³/mol. The summed E-state index contributed by atoms with van der Waals surface area (Å²) in [4.78, 5) is 2.67. The van der Waals surface area contributed by atoms with E-state index in [0.29, 0.717) is 18.2 Å². The fraction of sp³-hybridized carbons (Fsp3) is 0.333. The van der Waals surface area contributed by atoms with Crippen LogP contribution in [0.2, 0.25) is 0 Å². The number of benzene rings is 2. The lowest BCUT2D eigenvalue weighted by Gasteiger charge is -2.33. The molecule has 2 heterocycles. The molecule has 0 radical (unpaired) electrons. The van der Waals surface area contributed by atoms with Crippen molar-refractivity contribution in [2.24, 2.45) is 0 Å². The Labute approximate surface area is 155 Å². The van der Waals surface area contributed by atoms with E-state index in [4.69, 9.17) is 4.18 Å². The number of nitrogens with zero attached hydrogens (tertiary/aromatic N) is 1. The molecule has 0 aliphatic carbocycles. The average Bonchev–Trinajstić information content (AvgIpc) is 2.85. The molecular formula is C21H23NO3S. The van der Waals surface area contributed by atoms with Gasteiger partial charge in [0.2, 0.25) is 0 Å².